The maximum Gasteiger partial charge on any atom is 0.335 e. The lowest BCUT2D eigenvalue weighted by atomic mass is 10.1. The Morgan fingerprint density at radius 3 is 2.16 bits per heavy atom. The lowest BCUT2D eigenvalue weighted by Gasteiger charge is -1.99. The summed E-state index contributed by atoms with van der Waals surface area (Å²) in [6, 6.07) is 4.76. The summed E-state index contributed by atoms with van der Waals surface area (Å²) >= 11 is 0. The molecule has 1 rings (SSSR count). The van der Waals surface area contributed by atoms with Gasteiger partial charge in [0.25, 0.3) is 0 Å². The quantitative estimate of drug-likeness (QED) is 0.500. The van der Waals surface area contributed by atoms with Gasteiger partial charge in [0.05, 0.1) is 18.8 Å². The van der Waals surface area contributed by atoms with Crippen molar-refractivity contribution in [1.29, 1.82) is 0 Å². The van der Waals surface area contributed by atoms with Gasteiger partial charge in [-0.2, -0.15) is 0 Å². The van der Waals surface area contributed by atoms with Crippen LogP contribution in [0.4, 0.5) is 0 Å². The van der Waals surface area contributed by atoms with E-state index < -0.39 is 17.0 Å². The molecule has 9 nitrogen and oxygen atoms in total. The van der Waals surface area contributed by atoms with Gasteiger partial charge >= 0.3 is 17.0 Å². The molecule has 0 amide bonds. The zero-order valence-electron chi connectivity index (χ0n) is 9.55. The molecule has 0 aromatic heterocycles. The minimum atomic E-state index is -1.25. The highest BCUT2D eigenvalue weighted by atomic mass is 17.0. The number of aromatic carboxylic acids is 1. The lowest BCUT2D eigenvalue weighted by molar-refractivity contribution is -0.727. The van der Waals surface area contributed by atoms with Gasteiger partial charge in [-0.1, -0.05) is 6.07 Å². The molecule has 0 heterocycles. The molecule has 0 bridgehead atoms. The van der Waals surface area contributed by atoms with Gasteiger partial charge < -0.3 is 15.3 Å². The molecule has 0 spiro atoms. The van der Waals surface area contributed by atoms with Crippen LogP contribution in [-0.2, 0) is 4.84 Å². The van der Waals surface area contributed by atoms with E-state index in [1.165, 1.54) is 18.2 Å². The number of aliphatic hydroxyl groups is 2. The fraction of sp³-hybridized carbons (Fsp3) is 0.200. The van der Waals surface area contributed by atoms with Crippen LogP contribution in [0.5, 0.6) is 0 Å². The van der Waals surface area contributed by atoms with Crippen molar-refractivity contribution < 1.29 is 34.8 Å². The van der Waals surface area contributed by atoms with Gasteiger partial charge in [-0.25, -0.2) is 9.63 Å². The Kier molecular flexibility index (Phi) is 7.42. The first-order chi connectivity index (χ1) is 8.92. The van der Waals surface area contributed by atoms with Crippen LogP contribution in [0.15, 0.2) is 24.3 Å². The number of benzene rings is 1. The summed E-state index contributed by atoms with van der Waals surface area (Å²) in [7, 11) is 0. The summed E-state index contributed by atoms with van der Waals surface area (Å²) in [4.78, 5) is 35.0. The number of carbonyl (C=O) groups excluding carboxylic acids is 1. The third-order valence-electron chi connectivity index (χ3n) is 1.60. The number of carbonyl (C=O) groups is 2. The van der Waals surface area contributed by atoms with E-state index in [0.717, 1.165) is 6.07 Å². The van der Waals surface area contributed by atoms with E-state index in [0.29, 0.717) is 0 Å². The van der Waals surface area contributed by atoms with E-state index in [-0.39, 0.29) is 24.3 Å². The zero-order chi connectivity index (χ0) is 14.8. The summed E-state index contributed by atoms with van der Waals surface area (Å²) in [5, 5.41) is 32.4. The number of hydrogen-bond donors (Lipinski definition) is 3. The van der Waals surface area contributed by atoms with Crippen molar-refractivity contribution in [3.63, 3.8) is 0 Å². The largest absolute Gasteiger partial charge is 0.478 e. The molecule has 19 heavy (non-hydrogen) atoms. The fourth-order valence-corrected chi connectivity index (χ4v) is 0.900. The van der Waals surface area contributed by atoms with E-state index in [2.05, 4.69) is 4.84 Å². The van der Waals surface area contributed by atoms with Gasteiger partial charge in [-0.15, -0.1) is 10.1 Å². The predicted molar refractivity (Wildman–Crippen MR) is 60.0 cm³/mol. The normalized spacial score (nSPS) is 8.95. The second kappa shape index (κ2) is 8.55. The Hall–Kier alpha value is -2.52. The fourth-order valence-electron chi connectivity index (χ4n) is 0.900. The zero-order valence-corrected chi connectivity index (χ0v) is 9.55. The van der Waals surface area contributed by atoms with Gasteiger partial charge in [0.1, 0.15) is 0 Å². The molecule has 0 saturated heterocycles. The van der Waals surface area contributed by atoms with Gasteiger partial charge in [-0.3, -0.25) is 4.79 Å². The molecule has 0 radical (unpaired) electrons. The smallest absolute Gasteiger partial charge is 0.335 e. The summed E-state index contributed by atoms with van der Waals surface area (Å²) in [6.07, 6.45) is 0. The molecule has 0 atom stereocenters. The van der Waals surface area contributed by atoms with Crippen molar-refractivity contribution in [2.75, 3.05) is 13.2 Å². The molecule has 9 heteroatoms. The highest BCUT2D eigenvalue weighted by Crippen LogP contribution is 2.06. The van der Waals surface area contributed by atoms with Crippen LogP contribution < -0.4 is 0 Å². The van der Waals surface area contributed by atoms with Crippen molar-refractivity contribution >= 4 is 11.9 Å². The lowest BCUT2D eigenvalue weighted by Crippen LogP contribution is -2.11. The molecule has 0 saturated carbocycles. The molecule has 1 aromatic carbocycles. The minimum Gasteiger partial charge on any atom is -0.478 e. The SMILES string of the molecule is O=C(O)c1cccc(C(=O)O[N+](=O)[O-])c1.OCCO. The highest BCUT2D eigenvalue weighted by molar-refractivity contribution is 5.94. The average Bonchev–Trinajstić information content (AvgIpc) is 2.38. The van der Waals surface area contributed by atoms with Crippen LogP contribution in [0.1, 0.15) is 20.7 Å². The standard InChI is InChI=1S/C8H5NO6.C2H6O2/c10-7(11)5-2-1-3-6(4-5)8(12)15-9(13)14;3-1-2-4/h1-4H,(H,10,11);3-4H,1-2H2. The monoisotopic (exact) mass is 273 g/mol. The van der Waals surface area contributed by atoms with Gasteiger partial charge in [0, 0.05) is 5.56 Å². The summed E-state index contributed by atoms with van der Waals surface area (Å²) in [5.41, 5.74) is -0.334. The molecule has 1 aromatic rings. The third-order valence-corrected chi connectivity index (χ3v) is 1.60. The Balaban J connectivity index is 0.000000711. The Morgan fingerprint density at radius 1 is 1.21 bits per heavy atom. The number of carboxylic acid groups (broad SMARTS) is 1. The highest BCUT2D eigenvalue weighted by Gasteiger charge is 2.12. The van der Waals surface area contributed by atoms with Crippen LogP contribution >= 0.6 is 0 Å². The number of nitrogens with zero attached hydrogens (tertiary/aromatic N) is 1. The molecule has 0 fully saturated rings. The molecule has 0 aliphatic rings. The summed E-state index contributed by atoms with van der Waals surface area (Å²) in [6.45, 7) is -0.250. The first-order valence-corrected chi connectivity index (χ1v) is 4.84. The van der Waals surface area contributed by atoms with E-state index in [9.17, 15) is 19.7 Å². The molecule has 0 aliphatic heterocycles. The number of carboxylic acids is 1. The van der Waals surface area contributed by atoms with Crippen molar-refractivity contribution in [2.45, 2.75) is 0 Å². The Morgan fingerprint density at radius 2 is 1.74 bits per heavy atom. The van der Waals surface area contributed by atoms with Gasteiger partial charge in [-0.05, 0) is 18.2 Å². The summed E-state index contributed by atoms with van der Waals surface area (Å²) in [5.74, 6) is -2.44. The number of rotatable bonds is 4. The predicted octanol–water partition coefficient (Wildman–Crippen LogP) is -0.296. The first kappa shape index (κ1) is 16.5. The van der Waals surface area contributed by atoms with Gasteiger partial charge in [0.2, 0.25) is 0 Å². The van der Waals surface area contributed by atoms with Crippen LogP contribution in [-0.4, -0.2) is 45.6 Å². The minimum absolute atomic E-state index is 0.125. The van der Waals surface area contributed by atoms with Crippen molar-refractivity contribution in [3.05, 3.63) is 45.5 Å². The van der Waals surface area contributed by atoms with E-state index >= 15 is 0 Å². The van der Waals surface area contributed by atoms with Crippen LogP contribution in [0, 0.1) is 10.1 Å². The van der Waals surface area contributed by atoms with E-state index in [4.69, 9.17) is 15.3 Å². The maximum absolute atomic E-state index is 11.0. The second-order valence-corrected chi connectivity index (χ2v) is 2.94. The number of hydrogen-bond acceptors (Lipinski definition) is 7. The first-order valence-electron chi connectivity index (χ1n) is 4.84. The van der Waals surface area contributed by atoms with Crippen LogP contribution in [0.3, 0.4) is 0 Å². The van der Waals surface area contributed by atoms with E-state index in [1.54, 1.807) is 0 Å². The molecule has 3 N–H and O–H groups in total. The maximum atomic E-state index is 11.0. The molecule has 0 aliphatic carbocycles. The van der Waals surface area contributed by atoms with Crippen LogP contribution in [0.25, 0.3) is 0 Å². The number of aliphatic hydroxyl groups excluding tert-OH is 2. The Labute approximate surface area is 106 Å². The van der Waals surface area contributed by atoms with E-state index in [1.807, 2.05) is 0 Å². The van der Waals surface area contributed by atoms with Crippen molar-refractivity contribution in [3.8, 4) is 0 Å². The second-order valence-electron chi connectivity index (χ2n) is 2.94. The summed E-state index contributed by atoms with van der Waals surface area (Å²) < 4.78 is 0. The molecular weight excluding hydrogens is 262 g/mol. The topological polar surface area (TPSA) is 147 Å². The van der Waals surface area contributed by atoms with Crippen molar-refractivity contribution in [1.82, 2.24) is 0 Å². The average molecular weight is 273 g/mol. The molecular formula is C10H11NO8. The van der Waals surface area contributed by atoms with Gasteiger partial charge in [0.15, 0.2) is 0 Å². The molecule has 104 valence electrons. The molecule has 0 unspecified atom stereocenters. The van der Waals surface area contributed by atoms with Crippen molar-refractivity contribution in [2.24, 2.45) is 0 Å². The Bertz CT molecular complexity index is 457. The van der Waals surface area contributed by atoms with Crippen LogP contribution in [0.2, 0.25) is 0 Å². The third kappa shape index (κ3) is 6.71.